The lowest BCUT2D eigenvalue weighted by molar-refractivity contribution is -0.140. The average Bonchev–Trinajstić information content (AvgIpc) is 2.71. The summed E-state index contributed by atoms with van der Waals surface area (Å²) in [5, 5.41) is 6.62. The first-order valence-corrected chi connectivity index (χ1v) is 10.1. The maximum Gasteiger partial charge on any atom is 0.338 e. The summed E-state index contributed by atoms with van der Waals surface area (Å²) >= 11 is 5.40. The van der Waals surface area contributed by atoms with Crippen molar-refractivity contribution in [2.45, 2.75) is 39.2 Å². The lowest BCUT2D eigenvalue weighted by Crippen LogP contribution is -2.46. The van der Waals surface area contributed by atoms with Gasteiger partial charge in [0, 0.05) is 32.0 Å². The topological polar surface area (TPSA) is 79.9 Å². The number of nitrogens with zero attached hydrogens (tertiary/aromatic N) is 1. The molecule has 2 N–H and O–H groups in total. The van der Waals surface area contributed by atoms with Gasteiger partial charge in [0.2, 0.25) is 5.91 Å². The molecule has 0 saturated heterocycles. The van der Waals surface area contributed by atoms with E-state index in [1.165, 1.54) is 0 Å². The van der Waals surface area contributed by atoms with Gasteiger partial charge in [-0.1, -0.05) is 25.5 Å². The van der Waals surface area contributed by atoms with E-state index >= 15 is 0 Å². The van der Waals surface area contributed by atoms with E-state index in [1.54, 1.807) is 19.1 Å². The number of thiocarbonyl (C=S) groups is 1. The minimum Gasteiger partial charge on any atom is -0.460 e. The third-order valence-corrected chi connectivity index (χ3v) is 5.17. The predicted octanol–water partition coefficient (Wildman–Crippen LogP) is 3.14. The number of hydrogen-bond acceptors (Lipinski definition) is 5. The summed E-state index contributed by atoms with van der Waals surface area (Å²) in [6, 6.07) is 6.96. The van der Waals surface area contributed by atoms with E-state index in [9.17, 15) is 9.59 Å². The Morgan fingerprint density at radius 1 is 1.24 bits per heavy atom. The molecule has 0 fully saturated rings. The van der Waals surface area contributed by atoms with E-state index in [4.69, 9.17) is 21.7 Å². The van der Waals surface area contributed by atoms with Gasteiger partial charge in [-0.15, -0.1) is 0 Å². The molecular formula is C21H29N3O4S. The van der Waals surface area contributed by atoms with E-state index in [0.717, 1.165) is 29.8 Å². The molecule has 1 aromatic carbocycles. The van der Waals surface area contributed by atoms with Crippen molar-refractivity contribution in [1.82, 2.24) is 10.2 Å². The summed E-state index contributed by atoms with van der Waals surface area (Å²) in [4.78, 5) is 26.4. The van der Waals surface area contributed by atoms with Crippen molar-refractivity contribution < 1.29 is 19.1 Å². The maximum absolute atomic E-state index is 12.7. The Hall–Kier alpha value is -2.45. The van der Waals surface area contributed by atoms with Gasteiger partial charge in [-0.3, -0.25) is 4.79 Å². The van der Waals surface area contributed by atoms with Crippen molar-refractivity contribution in [3.63, 3.8) is 0 Å². The second-order valence-corrected chi connectivity index (χ2v) is 7.23. The fourth-order valence-electron chi connectivity index (χ4n) is 2.97. The van der Waals surface area contributed by atoms with Crippen LogP contribution >= 0.6 is 12.2 Å². The molecule has 1 amide bonds. The summed E-state index contributed by atoms with van der Waals surface area (Å²) < 4.78 is 10.3. The van der Waals surface area contributed by atoms with Gasteiger partial charge in [-0.25, -0.2) is 4.79 Å². The molecule has 1 atom stereocenters. The van der Waals surface area contributed by atoms with E-state index in [1.807, 2.05) is 31.2 Å². The van der Waals surface area contributed by atoms with Crippen molar-refractivity contribution in [1.29, 1.82) is 0 Å². The van der Waals surface area contributed by atoms with E-state index in [0.29, 0.717) is 23.7 Å². The van der Waals surface area contributed by atoms with Gasteiger partial charge in [0.1, 0.15) is 6.61 Å². The lowest BCUT2D eigenvalue weighted by Gasteiger charge is -2.35. The number of unbranched alkanes of at least 4 members (excludes halogenated alkanes) is 1. The SMILES string of the molecule is CCCCC(=O)Nc1ccc([C@H]2NC(=S)N(C)C(C)=C2C(=O)OCCOC)cc1. The van der Waals surface area contributed by atoms with Gasteiger partial charge in [0.25, 0.3) is 0 Å². The number of carbonyl (C=O) groups is 2. The zero-order valence-corrected chi connectivity index (χ0v) is 18.2. The van der Waals surface area contributed by atoms with Crippen molar-refractivity contribution in [2.24, 2.45) is 0 Å². The van der Waals surface area contributed by atoms with Gasteiger partial charge in [-0.05, 0) is 43.3 Å². The highest BCUT2D eigenvalue weighted by atomic mass is 32.1. The first-order valence-electron chi connectivity index (χ1n) is 9.69. The number of allylic oxidation sites excluding steroid dienone is 1. The normalized spacial score (nSPS) is 16.5. The molecule has 1 aromatic rings. The first kappa shape index (κ1) is 22.8. The summed E-state index contributed by atoms with van der Waals surface area (Å²) in [5.74, 6) is -0.417. The quantitative estimate of drug-likeness (QED) is 0.362. The summed E-state index contributed by atoms with van der Waals surface area (Å²) in [6.07, 6.45) is 2.34. The van der Waals surface area contributed by atoms with Crippen LogP contribution in [0.5, 0.6) is 0 Å². The van der Waals surface area contributed by atoms with Crippen LogP contribution in [0.3, 0.4) is 0 Å². The van der Waals surface area contributed by atoms with Crippen LogP contribution in [0.2, 0.25) is 0 Å². The molecule has 8 heteroatoms. The highest BCUT2D eigenvalue weighted by molar-refractivity contribution is 7.80. The van der Waals surface area contributed by atoms with Crippen molar-refractivity contribution in [3.05, 3.63) is 41.1 Å². The smallest absolute Gasteiger partial charge is 0.338 e. The lowest BCUT2D eigenvalue weighted by atomic mass is 9.95. The number of benzene rings is 1. The van der Waals surface area contributed by atoms with Gasteiger partial charge >= 0.3 is 5.97 Å². The van der Waals surface area contributed by atoms with Crippen LogP contribution in [-0.4, -0.2) is 49.3 Å². The molecular weight excluding hydrogens is 390 g/mol. The number of hydrogen-bond donors (Lipinski definition) is 2. The third kappa shape index (κ3) is 6.01. The number of anilines is 1. The maximum atomic E-state index is 12.7. The largest absolute Gasteiger partial charge is 0.460 e. The van der Waals surface area contributed by atoms with Crippen molar-refractivity contribution in [2.75, 3.05) is 32.7 Å². The minimum absolute atomic E-state index is 0.00339. The van der Waals surface area contributed by atoms with Gasteiger partial charge in [0.05, 0.1) is 18.2 Å². The Kier molecular flexibility index (Phi) is 8.60. The van der Waals surface area contributed by atoms with Crippen LogP contribution in [0.1, 0.15) is 44.7 Å². The molecule has 0 radical (unpaired) electrons. The standard InChI is InChI=1S/C21H29N3O4S/c1-5-6-7-17(25)22-16-10-8-15(9-11-16)19-18(20(26)28-13-12-27-4)14(2)24(3)21(29)23-19/h8-11,19H,5-7,12-13H2,1-4H3,(H,22,25)(H,23,29)/t19-/m1/s1. The Bertz CT molecular complexity index is 777. The zero-order valence-electron chi connectivity index (χ0n) is 17.4. The fraction of sp³-hybridized carbons (Fsp3) is 0.476. The van der Waals surface area contributed by atoms with Gasteiger partial charge in [-0.2, -0.15) is 0 Å². The molecule has 0 aliphatic carbocycles. The van der Waals surface area contributed by atoms with Crippen molar-refractivity contribution in [3.8, 4) is 0 Å². The predicted molar refractivity (Wildman–Crippen MR) is 116 cm³/mol. The van der Waals surface area contributed by atoms with Crippen LogP contribution in [-0.2, 0) is 19.1 Å². The fourth-order valence-corrected chi connectivity index (χ4v) is 3.22. The number of esters is 1. The number of carbonyl (C=O) groups excluding carboxylic acids is 2. The van der Waals surface area contributed by atoms with E-state index in [-0.39, 0.29) is 12.5 Å². The molecule has 1 aliphatic rings. The first-order chi connectivity index (χ1) is 13.9. The Morgan fingerprint density at radius 3 is 2.55 bits per heavy atom. The highest BCUT2D eigenvalue weighted by Crippen LogP contribution is 2.31. The molecule has 0 unspecified atom stereocenters. The molecule has 29 heavy (non-hydrogen) atoms. The van der Waals surface area contributed by atoms with Crippen LogP contribution < -0.4 is 10.6 Å². The highest BCUT2D eigenvalue weighted by Gasteiger charge is 2.33. The number of methoxy groups -OCH3 is 1. The molecule has 2 rings (SSSR count). The summed E-state index contributed by atoms with van der Waals surface area (Å²) in [7, 11) is 3.36. The number of rotatable bonds is 9. The molecule has 1 aliphatic heterocycles. The van der Waals surface area contributed by atoms with E-state index < -0.39 is 12.0 Å². The number of nitrogens with one attached hydrogen (secondary N) is 2. The second kappa shape index (κ2) is 10.9. The average molecular weight is 420 g/mol. The molecule has 0 saturated carbocycles. The summed E-state index contributed by atoms with van der Waals surface area (Å²) in [5.41, 5.74) is 2.80. The summed E-state index contributed by atoms with van der Waals surface area (Å²) in [6.45, 7) is 4.40. The van der Waals surface area contributed by atoms with Crippen LogP contribution in [0.15, 0.2) is 35.5 Å². The number of amides is 1. The minimum atomic E-state index is -0.432. The van der Waals surface area contributed by atoms with Crippen LogP contribution in [0.4, 0.5) is 5.69 Å². The molecule has 0 aromatic heterocycles. The monoisotopic (exact) mass is 419 g/mol. The second-order valence-electron chi connectivity index (χ2n) is 6.84. The van der Waals surface area contributed by atoms with Crippen LogP contribution in [0, 0.1) is 0 Å². The Morgan fingerprint density at radius 2 is 1.93 bits per heavy atom. The number of ether oxygens (including phenoxy) is 2. The molecule has 158 valence electrons. The van der Waals surface area contributed by atoms with E-state index in [2.05, 4.69) is 17.6 Å². The zero-order chi connectivity index (χ0) is 21.4. The van der Waals surface area contributed by atoms with Crippen molar-refractivity contribution >= 4 is 34.9 Å². The Balaban J connectivity index is 2.22. The molecule has 1 heterocycles. The molecule has 0 bridgehead atoms. The third-order valence-electron chi connectivity index (χ3n) is 4.78. The van der Waals surface area contributed by atoms with Gasteiger partial charge in [0.15, 0.2) is 5.11 Å². The molecule has 0 spiro atoms. The van der Waals surface area contributed by atoms with Gasteiger partial charge < -0.3 is 25.0 Å². The molecule has 7 nitrogen and oxygen atoms in total. The van der Waals surface area contributed by atoms with Crippen LogP contribution in [0.25, 0.3) is 0 Å². The Labute approximate surface area is 177 Å².